The number of H-pyrrole nitrogens is 1. The predicted molar refractivity (Wildman–Crippen MR) is 93.7 cm³/mol. The summed E-state index contributed by atoms with van der Waals surface area (Å²) in [6, 6.07) is 1.71. The summed E-state index contributed by atoms with van der Waals surface area (Å²) in [5.74, 6) is 1.02. The van der Waals surface area contributed by atoms with E-state index < -0.39 is 0 Å². The maximum Gasteiger partial charge on any atom is 0.251 e. The molecular formula is C17H19N5OS. The van der Waals surface area contributed by atoms with Crippen molar-refractivity contribution >= 4 is 17.0 Å². The first-order valence-corrected chi connectivity index (χ1v) is 9.45. The third kappa shape index (κ3) is 2.39. The van der Waals surface area contributed by atoms with Crippen LogP contribution in [0.4, 0.5) is 0 Å². The van der Waals surface area contributed by atoms with Crippen LogP contribution in [0.5, 0.6) is 0 Å². The van der Waals surface area contributed by atoms with Gasteiger partial charge in [-0.25, -0.2) is 9.50 Å². The quantitative estimate of drug-likeness (QED) is 0.767. The van der Waals surface area contributed by atoms with Crippen LogP contribution in [0.3, 0.4) is 0 Å². The van der Waals surface area contributed by atoms with Crippen LogP contribution in [0.25, 0.3) is 16.2 Å². The third-order valence-electron chi connectivity index (χ3n) is 5.04. The number of fused-ring (bicyclic) bond motifs is 1. The van der Waals surface area contributed by atoms with Crippen molar-refractivity contribution < 1.29 is 0 Å². The highest BCUT2D eigenvalue weighted by Crippen LogP contribution is 2.41. The summed E-state index contributed by atoms with van der Waals surface area (Å²) in [7, 11) is 0. The van der Waals surface area contributed by atoms with E-state index in [1.807, 2.05) is 10.7 Å². The Hall–Kier alpha value is -1.99. The monoisotopic (exact) mass is 341 g/mol. The average molecular weight is 341 g/mol. The molecule has 6 nitrogen and oxygen atoms in total. The Labute approximate surface area is 142 Å². The van der Waals surface area contributed by atoms with Crippen LogP contribution in [0.15, 0.2) is 22.4 Å². The molecule has 3 aromatic rings. The average Bonchev–Trinajstić information content (AvgIpc) is 3.19. The zero-order valence-corrected chi connectivity index (χ0v) is 14.1. The molecule has 2 fully saturated rings. The van der Waals surface area contributed by atoms with Gasteiger partial charge in [0.2, 0.25) is 0 Å². The van der Waals surface area contributed by atoms with Crippen molar-refractivity contribution in [3.8, 4) is 10.6 Å². The minimum absolute atomic E-state index is 0.0586. The smallest absolute Gasteiger partial charge is 0.251 e. The van der Waals surface area contributed by atoms with Crippen molar-refractivity contribution in [3.05, 3.63) is 39.4 Å². The largest absolute Gasteiger partial charge is 0.317 e. The third-order valence-corrected chi connectivity index (χ3v) is 5.93. The van der Waals surface area contributed by atoms with Crippen LogP contribution >= 0.6 is 11.3 Å². The molecule has 24 heavy (non-hydrogen) atoms. The second-order valence-electron chi connectivity index (χ2n) is 6.75. The second kappa shape index (κ2) is 5.53. The van der Waals surface area contributed by atoms with Gasteiger partial charge in [-0.05, 0) is 38.8 Å². The van der Waals surface area contributed by atoms with Crippen molar-refractivity contribution in [3.63, 3.8) is 0 Å². The lowest BCUT2D eigenvalue weighted by atomic mass is 9.94. The first-order chi connectivity index (χ1) is 11.8. The highest BCUT2D eigenvalue weighted by molar-refractivity contribution is 7.13. The standard InChI is InChI=1S/C17H19N5OS/c23-15-7-14(11-3-5-18-6-4-11)22-16(21-15)12(8-19-22)17-20-13(9-24-17)10-1-2-10/h7-11,18H,1-6H2,(H,21,23). The summed E-state index contributed by atoms with van der Waals surface area (Å²) in [5, 5.41) is 11.0. The SMILES string of the molecule is O=c1cc(C2CCNCC2)n2ncc(-c3nc(C4CC4)cs3)c2[nH]1. The van der Waals surface area contributed by atoms with E-state index in [-0.39, 0.29) is 5.56 Å². The van der Waals surface area contributed by atoms with Crippen molar-refractivity contribution in [1.29, 1.82) is 0 Å². The molecule has 1 saturated carbocycles. The van der Waals surface area contributed by atoms with Crippen LogP contribution in [0.2, 0.25) is 0 Å². The number of aromatic amines is 1. The van der Waals surface area contributed by atoms with Gasteiger partial charge in [-0.15, -0.1) is 11.3 Å². The summed E-state index contributed by atoms with van der Waals surface area (Å²) < 4.78 is 1.91. The van der Waals surface area contributed by atoms with Gasteiger partial charge in [0.25, 0.3) is 5.56 Å². The number of nitrogens with zero attached hydrogens (tertiary/aromatic N) is 3. The molecule has 0 atom stereocenters. The van der Waals surface area contributed by atoms with Crippen molar-refractivity contribution in [2.24, 2.45) is 0 Å². The fourth-order valence-corrected chi connectivity index (χ4v) is 4.47. The van der Waals surface area contributed by atoms with Crippen LogP contribution in [0.1, 0.15) is 48.9 Å². The molecule has 0 spiro atoms. The minimum atomic E-state index is -0.0586. The van der Waals surface area contributed by atoms with E-state index in [1.165, 1.54) is 18.5 Å². The molecule has 7 heteroatoms. The summed E-state index contributed by atoms with van der Waals surface area (Å²) in [6.45, 7) is 1.98. The molecule has 0 bridgehead atoms. The van der Waals surface area contributed by atoms with Crippen LogP contribution < -0.4 is 10.9 Å². The van der Waals surface area contributed by atoms with E-state index in [4.69, 9.17) is 4.98 Å². The number of nitrogens with one attached hydrogen (secondary N) is 2. The highest BCUT2D eigenvalue weighted by atomic mass is 32.1. The van der Waals surface area contributed by atoms with Crippen LogP contribution in [0, 0.1) is 0 Å². The number of rotatable bonds is 3. The molecule has 0 amide bonds. The van der Waals surface area contributed by atoms with E-state index in [1.54, 1.807) is 17.4 Å². The van der Waals surface area contributed by atoms with E-state index in [0.29, 0.717) is 11.8 Å². The van der Waals surface area contributed by atoms with Gasteiger partial charge in [0.05, 0.1) is 23.1 Å². The van der Waals surface area contributed by atoms with E-state index in [2.05, 4.69) is 20.8 Å². The molecule has 0 aromatic carbocycles. The predicted octanol–water partition coefficient (Wildman–Crippen LogP) is 2.49. The number of hydrogen-bond donors (Lipinski definition) is 2. The fourth-order valence-electron chi connectivity index (χ4n) is 3.55. The number of hydrogen-bond acceptors (Lipinski definition) is 5. The van der Waals surface area contributed by atoms with Crippen LogP contribution in [-0.2, 0) is 0 Å². The Morgan fingerprint density at radius 1 is 1.17 bits per heavy atom. The van der Waals surface area contributed by atoms with Crippen molar-refractivity contribution in [2.75, 3.05) is 13.1 Å². The molecule has 2 aliphatic rings. The molecule has 1 aliphatic heterocycles. The molecule has 3 aromatic heterocycles. The lowest BCUT2D eigenvalue weighted by Gasteiger charge is -2.23. The van der Waals surface area contributed by atoms with Gasteiger partial charge in [0.1, 0.15) is 10.7 Å². The highest BCUT2D eigenvalue weighted by Gasteiger charge is 2.27. The molecule has 1 saturated heterocycles. The maximum atomic E-state index is 12.2. The first kappa shape index (κ1) is 14.4. The Kier molecular flexibility index (Phi) is 3.31. The Bertz CT molecular complexity index is 945. The van der Waals surface area contributed by atoms with Gasteiger partial charge in [-0.2, -0.15) is 5.10 Å². The number of piperidine rings is 1. The topological polar surface area (TPSA) is 75.1 Å². The van der Waals surface area contributed by atoms with Crippen molar-refractivity contribution in [2.45, 2.75) is 37.5 Å². The van der Waals surface area contributed by atoms with E-state index >= 15 is 0 Å². The molecule has 1 aliphatic carbocycles. The zero-order valence-electron chi connectivity index (χ0n) is 13.3. The second-order valence-corrected chi connectivity index (χ2v) is 7.61. The molecule has 5 rings (SSSR count). The lowest BCUT2D eigenvalue weighted by Crippen LogP contribution is -2.28. The zero-order chi connectivity index (χ0) is 16.1. The van der Waals surface area contributed by atoms with Gasteiger partial charge >= 0.3 is 0 Å². The van der Waals surface area contributed by atoms with Gasteiger partial charge in [0.15, 0.2) is 0 Å². The molecular weight excluding hydrogens is 322 g/mol. The van der Waals surface area contributed by atoms with Crippen molar-refractivity contribution in [1.82, 2.24) is 24.9 Å². The maximum absolute atomic E-state index is 12.2. The molecule has 124 valence electrons. The van der Waals surface area contributed by atoms with Gasteiger partial charge in [-0.3, -0.25) is 4.79 Å². The fraction of sp³-hybridized carbons (Fsp3) is 0.471. The molecule has 4 heterocycles. The molecule has 2 N–H and O–H groups in total. The van der Waals surface area contributed by atoms with E-state index in [9.17, 15) is 4.79 Å². The number of thiazole rings is 1. The van der Waals surface area contributed by atoms with Gasteiger partial charge in [0, 0.05) is 23.3 Å². The summed E-state index contributed by atoms with van der Waals surface area (Å²) in [6.07, 6.45) is 6.41. The first-order valence-electron chi connectivity index (χ1n) is 8.57. The Morgan fingerprint density at radius 3 is 2.79 bits per heavy atom. The Balaban J connectivity index is 1.62. The van der Waals surface area contributed by atoms with E-state index in [0.717, 1.165) is 47.8 Å². The van der Waals surface area contributed by atoms with Gasteiger partial charge < -0.3 is 10.3 Å². The lowest BCUT2D eigenvalue weighted by molar-refractivity contribution is 0.446. The van der Waals surface area contributed by atoms with Gasteiger partial charge in [-0.1, -0.05) is 0 Å². The molecule has 0 unspecified atom stereocenters. The van der Waals surface area contributed by atoms with Crippen LogP contribution in [-0.4, -0.2) is 32.7 Å². The summed E-state index contributed by atoms with van der Waals surface area (Å²) in [5.41, 5.74) is 3.84. The summed E-state index contributed by atoms with van der Waals surface area (Å²) >= 11 is 1.64. The Morgan fingerprint density at radius 2 is 2.00 bits per heavy atom. The molecule has 0 radical (unpaired) electrons. The minimum Gasteiger partial charge on any atom is -0.317 e. The number of aromatic nitrogens is 4. The summed E-state index contributed by atoms with van der Waals surface area (Å²) in [4.78, 5) is 20.0. The normalized spacial score (nSPS) is 19.2.